The monoisotopic (exact) mass is 448 g/mol. The standard InChI is InChI=1S/C15H22Br2N4O2/c1-9(2)8-23-15(22)21-5-3-10(4-6-21)7-11-12(18)13(16)20-14(17)19-11/h9-10H,3-8,18H2,1-2H3. The Balaban J connectivity index is 1.87. The summed E-state index contributed by atoms with van der Waals surface area (Å²) in [6.07, 6.45) is 2.44. The van der Waals surface area contributed by atoms with Crippen LogP contribution in [0.25, 0.3) is 0 Å². The van der Waals surface area contributed by atoms with Gasteiger partial charge in [-0.1, -0.05) is 13.8 Å². The zero-order valence-corrected chi connectivity index (χ0v) is 16.6. The summed E-state index contributed by atoms with van der Waals surface area (Å²) in [6.45, 7) is 5.96. The molecule has 1 amide bonds. The van der Waals surface area contributed by atoms with Gasteiger partial charge in [0.1, 0.15) is 4.60 Å². The third-order valence-corrected chi connectivity index (χ3v) is 4.80. The molecule has 0 radical (unpaired) electrons. The Bertz CT molecular complexity index is 561. The maximum Gasteiger partial charge on any atom is 0.409 e. The molecular formula is C15H22Br2N4O2. The van der Waals surface area contributed by atoms with Crippen molar-refractivity contribution in [3.8, 4) is 0 Å². The van der Waals surface area contributed by atoms with Crippen molar-refractivity contribution >= 4 is 43.6 Å². The highest BCUT2D eigenvalue weighted by Crippen LogP contribution is 2.27. The fourth-order valence-electron chi connectivity index (χ4n) is 2.53. The van der Waals surface area contributed by atoms with E-state index >= 15 is 0 Å². The SMILES string of the molecule is CC(C)COC(=O)N1CCC(Cc2nc(Br)nc(Br)c2N)CC1. The van der Waals surface area contributed by atoms with Crippen LogP contribution in [0.2, 0.25) is 0 Å². The maximum absolute atomic E-state index is 12.0. The lowest BCUT2D eigenvalue weighted by atomic mass is 9.92. The van der Waals surface area contributed by atoms with E-state index in [1.807, 2.05) is 13.8 Å². The lowest BCUT2D eigenvalue weighted by Crippen LogP contribution is -2.39. The number of carbonyl (C=O) groups is 1. The molecule has 0 aliphatic carbocycles. The number of hydrogen-bond donors (Lipinski definition) is 1. The third kappa shape index (κ3) is 5.31. The normalized spacial score (nSPS) is 16.0. The Morgan fingerprint density at radius 3 is 2.61 bits per heavy atom. The number of rotatable bonds is 4. The zero-order valence-electron chi connectivity index (χ0n) is 13.4. The predicted octanol–water partition coefficient (Wildman–Crippen LogP) is 3.63. The summed E-state index contributed by atoms with van der Waals surface area (Å²) in [5.74, 6) is 0.814. The molecule has 1 saturated heterocycles. The molecule has 0 atom stereocenters. The first kappa shape index (κ1) is 18.4. The zero-order chi connectivity index (χ0) is 17.0. The average molecular weight is 450 g/mol. The Morgan fingerprint density at radius 1 is 1.35 bits per heavy atom. The van der Waals surface area contributed by atoms with E-state index < -0.39 is 0 Å². The summed E-state index contributed by atoms with van der Waals surface area (Å²) in [5.41, 5.74) is 7.47. The quantitative estimate of drug-likeness (QED) is 0.560. The highest BCUT2D eigenvalue weighted by Gasteiger charge is 2.25. The topological polar surface area (TPSA) is 81.3 Å². The van der Waals surface area contributed by atoms with E-state index in [1.165, 1.54) is 0 Å². The number of likely N-dealkylation sites (tertiary alicyclic amines) is 1. The fourth-order valence-corrected chi connectivity index (χ4v) is 3.56. The van der Waals surface area contributed by atoms with E-state index in [4.69, 9.17) is 10.5 Å². The molecule has 6 nitrogen and oxygen atoms in total. The largest absolute Gasteiger partial charge is 0.449 e. The molecule has 0 unspecified atom stereocenters. The van der Waals surface area contributed by atoms with Gasteiger partial charge in [0, 0.05) is 13.1 Å². The molecule has 1 aliphatic heterocycles. The first-order valence-corrected chi connectivity index (χ1v) is 9.34. The van der Waals surface area contributed by atoms with Gasteiger partial charge in [0.2, 0.25) is 0 Å². The molecule has 0 bridgehead atoms. The third-order valence-electron chi connectivity index (χ3n) is 3.85. The van der Waals surface area contributed by atoms with Gasteiger partial charge in [-0.3, -0.25) is 0 Å². The number of amides is 1. The minimum absolute atomic E-state index is 0.204. The molecule has 1 aromatic rings. The minimum atomic E-state index is -0.204. The number of nitrogen functional groups attached to an aromatic ring is 1. The first-order valence-electron chi connectivity index (χ1n) is 7.76. The van der Waals surface area contributed by atoms with Crippen LogP contribution >= 0.6 is 31.9 Å². The molecular weight excluding hydrogens is 428 g/mol. The maximum atomic E-state index is 12.0. The molecule has 0 saturated carbocycles. The van der Waals surface area contributed by atoms with Gasteiger partial charge >= 0.3 is 6.09 Å². The molecule has 2 heterocycles. The van der Waals surface area contributed by atoms with Crippen molar-refractivity contribution in [1.29, 1.82) is 0 Å². The molecule has 1 aliphatic rings. The van der Waals surface area contributed by atoms with Crippen LogP contribution in [0.15, 0.2) is 9.34 Å². The van der Waals surface area contributed by atoms with Crippen molar-refractivity contribution < 1.29 is 9.53 Å². The van der Waals surface area contributed by atoms with Crippen LogP contribution in [0.1, 0.15) is 32.4 Å². The van der Waals surface area contributed by atoms with E-state index in [2.05, 4.69) is 41.8 Å². The molecule has 0 spiro atoms. The summed E-state index contributed by atoms with van der Waals surface area (Å²) < 4.78 is 6.43. The molecule has 8 heteroatoms. The second kappa shape index (κ2) is 8.28. The van der Waals surface area contributed by atoms with Gasteiger partial charge < -0.3 is 15.4 Å². The molecule has 0 aromatic carbocycles. The first-order chi connectivity index (χ1) is 10.9. The summed E-state index contributed by atoms with van der Waals surface area (Å²) in [6, 6.07) is 0. The molecule has 128 valence electrons. The number of carbonyl (C=O) groups excluding carboxylic acids is 1. The van der Waals surface area contributed by atoms with Crippen molar-refractivity contribution in [1.82, 2.24) is 14.9 Å². The minimum Gasteiger partial charge on any atom is -0.449 e. The number of ether oxygens (including phenoxy) is 1. The van der Waals surface area contributed by atoms with Crippen LogP contribution in [0.4, 0.5) is 10.5 Å². The number of anilines is 1. The van der Waals surface area contributed by atoms with E-state index in [-0.39, 0.29) is 6.09 Å². The number of hydrogen-bond acceptors (Lipinski definition) is 5. The Labute approximate surface area is 153 Å². The van der Waals surface area contributed by atoms with Gasteiger partial charge in [0.25, 0.3) is 0 Å². The summed E-state index contributed by atoms with van der Waals surface area (Å²) in [7, 11) is 0. The highest BCUT2D eigenvalue weighted by molar-refractivity contribution is 9.11. The van der Waals surface area contributed by atoms with Gasteiger partial charge in [0.15, 0.2) is 4.73 Å². The van der Waals surface area contributed by atoms with Crippen molar-refractivity contribution in [3.63, 3.8) is 0 Å². The second-order valence-electron chi connectivity index (χ2n) is 6.25. The van der Waals surface area contributed by atoms with Gasteiger partial charge in [-0.25, -0.2) is 14.8 Å². The van der Waals surface area contributed by atoms with Crippen LogP contribution in [-0.4, -0.2) is 40.7 Å². The average Bonchev–Trinajstić information content (AvgIpc) is 2.50. The molecule has 1 fully saturated rings. The Kier molecular flexibility index (Phi) is 6.64. The van der Waals surface area contributed by atoms with Crippen LogP contribution in [0, 0.1) is 11.8 Å². The Morgan fingerprint density at radius 2 is 2.00 bits per heavy atom. The van der Waals surface area contributed by atoms with Gasteiger partial charge in [0.05, 0.1) is 18.0 Å². The fraction of sp³-hybridized carbons (Fsp3) is 0.667. The second-order valence-corrected chi connectivity index (χ2v) is 7.71. The van der Waals surface area contributed by atoms with Crippen LogP contribution < -0.4 is 5.73 Å². The number of nitrogens with zero attached hydrogens (tertiary/aromatic N) is 3. The number of halogens is 2. The van der Waals surface area contributed by atoms with Crippen LogP contribution in [0.5, 0.6) is 0 Å². The molecule has 23 heavy (non-hydrogen) atoms. The van der Waals surface area contributed by atoms with Crippen LogP contribution in [-0.2, 0) is 11.2 Å². The van der Waals surface area contributed by atoms with Gasteiger partial charge in [-0.2, -0.15) is 0 Å². The molecule has 1 aromatic heterocycles. The van der Waals surface area contributed by atoms with E-state index in [0.717, 1.165) is 38.0 Å². The predicted molar refractivity (Wildman–Crippen MR) is 96.0 cm³/mol. The highest BCUT2D eigenvalue weighted by atomic mass is 79.9. The van der Waals surface area contributed by atoms with Crippen LogP contribution in [0.3, 0.4) is 0 Å². The van der Waals surface area contributed by atoms with Crippen molar-refractivity contribution in [2.75, 3.05) is 25.4 Å². The number of nitrogens with two attached hydrogens (primary N) is 1. The smallest absolute Gasteiger partial charge is 0.409 e. The number of piperidine rings is 1. The van der Waals surface area contributed by atoms with Crippen molar-refractivity contribution in [2.45, 2.75) is 33.1 Å². The van der Waals surface area contributed by atoms with Gasteiger partial charge in [-0.05, 0) is 63.0 Å². The van der Waals surface area contributed by atoms with Crippen molar-refractivity contribution in [2.24, 2.45) is 11.8 Å². The Hall–Kier alpha value is -0.890. The summed E-state index contributed by atoms with van der Waals surface area (Å²) in [4.78, 5) is 22.2. The lowest BCUT2D eigenvalue weighted by Gasteiger charge is -2.31. The van der Waals surface area contributed by atoms with E-state index in [0.29, 0.717) is 33.5 Å². The van der Waals surface area contributed by atoms with E-state index in [9.17, 15) is 4.79 Å². The molecule has 2 rings (SSSR count). The van der Waals surface area contributed by atoms with Gasteiger partial charge in [-0.15, -0.1) is 0 Å². The molecule has 2 N–H and O–H groups in total. The summed E-state index contributed by atoms with van der Waals surface area (Å²) >= 11 is 6.64. The lowest BCUT2D eigenvalue weighted by molar-refractivity contribution is 0.0790. The summed E-state index contributed by atoms with van der Waals surface area (Å²) in [5, 5.41) is 0. The number of aromatic nitrogens is 2. The van der Waals surface area contributed by atoms with Crippen molar-refractivity contribution in [3.05, 3.63) is 15.0 Å². The van der Waals surface area contributed by atoms with E-state index in [1.54, 1.807) is 4.90 Å².